The fourth-order valence-corrected chi connectivity index (χ4v) is 1.57. The highest BCUT2D eigenvalue weighted by Gasteiger charge is 2.17. The number of hydrogen-bond donors (Lipinski definition) is 0. The number of anilines is 1. The zero-order chi connectivity index (χ0) is 13.8. The summed E-state index contributed by atoms with van der Waals surface area (Å²) in [6.45, 7) is 0. The quantitative estimate of drug-likeness (QED) is 0.827. The van der Waals surface area contributed by atoms with Crippen molar-refractivity contribution in [3.8, 4) is 6.07 Å². The van der Waals surface area contributed by atoms with Crippen LogP contribution < -0.4 is 4.90 Å². The molecule has 0 aliphatic heterocycles. The van der Waals surface area contributed by atoms with Crippen LogP contribution in [0.5, 0.6) is 0 Å². The second-order valence-corrected chi connectivity index (χ2v) is 3.86. The van der Waals surface area contributed by atoms with Crippen molar-refractivity contribution in [1.82, 2.24) is 4.98 Å². The summed E-state index contributed by atoms with van der Waals surface area (Å²) in [7, 11) is 1.50. The lowest BCUT2D eigenvalue weighted by molar-refractivity contribution is 0.0988. The highest BCUT2D eigenvalue weighted by molar-refractivity contribution is 6.05. The third kappa shape index (κ3) is 2.58. The van der Waals surface area contributed by atoms with Gasteiger partial charge >= 0.3 is 0 Å². The maximum absolute atomic E-state index is 13.5. The molecule has 2 rings (SSSR count). The molecule has 5 heteroatoms. The molecule has 1 heterocycles. The molecule has 0 aliphatic carbocycles. The lowest BCUT2D eigenvalue weighted by Gasteiger charge is -2.16. The Balaban J connectivity index is 2.29. The van der Waals surface area contributed by atoms with Gasteiger partial charge in [-0.2, -0.15) is 5.26 Å². The van der Waals surface area contributed by atoms with E-state index in [-0.39, 0.29) is 5.56 Å². The van der Waals surface area contributed by atoms with Gasteiger partial charge in [0, 0.05) is 13.2 Å². The molecule has 0 N–H and O–H groups in total. The molecule has 0 saturated heterocycles. The zero-order valence-electron chi connectivity index (χ0n) is 10.2. The van der Waals surface area contributed by atoms with Crippen molar-refractivity contribution < 1.29 is 9.18 Å². The van der Waals surface area contributed by atoms with E-state index in [4.69, 9.17) is 5.26 Å². The van der Waals surface area contributed by atoms with E-state index in [0.29, 0.717) is 11.4 Å². The SMILES string of the molecule is CN(C(=O)c1ccccc1F)c1ccc(C#N)cn1. The van der Waals surface area contributed by atoms with Crippen LogP contribution >= 0.6 is 0 Å². The lowest BCUT2D eigenvalue weighted by Crippen LogP contribution is -2.27. The molecule has 19 heavy (non-hydrogen) atoms. The van der Waals surface area contributed by atoms with Crippen molar-refractivity contribution in [3.63, 3.8) is 0 Å². The summed E-state index contributed by atoms with van der Waals surface area (Å²) in [5, 5.41) is 8.67. The normalized spacial score (nSPS) is 9.74. The van der Waals surface area contributed by atoms with Gasteiger partial charge < -0.3 is 0 Å². The number of halogens is 1. The zero-order valence-corrected chi connectivity index (χ0v) is 10.2. The van der Waals surface area contributed by atoms with Crippen LogP contribution in [0, 0.1) is 17.1 Å². The van der Waals surface area contributed by atoms with Crippen molar-refractivity contribution in [2.45, 2.75) is 0 Å². The van der Waals surface area contributed by atoms with Gasteiger partial charge in [0.15, 0.2) is 0 Å². The number of nitriles is 1. The molecule has 1 aromatic heterocycles. The van der Waals surface area contributed by atoms with E-state index < -0.39 is 11.7 Å². The van der Waals surface area contributed by atoms with Crippen molar-refractivity contribution in [2.24, 2.45) is 0 Å². The molecule has 1 aromatic carbocycles. The van der Waals surface area contributed by atoms with E-state index in [0.717, 1.165) is 0 Å². The largest absolute Gasteiger partial charge is 0.296 e. The average molecular weight is 255 g/mol. The molecule has 0 atom stereocenters. The van der Waals surface area contributed by atoms with E-state index in [1.165, 1.54) is 42.4 Å². The summed E-state index contributed by atoms with van der Waals surface area (Å²) >= 11 is 0. The summed E-state index contributed by atoms with van der Waals surface area (Å²) in [6, 6.07) is 10.8. The lowest BCUT2D eigenvalue weighted by atomic mass is 10.2. The first-order valence-electron chi connectivity index (χ1n) is 5.52. The second-order valence-electron chi connectivity index (χ2n) is 3.86. The van der Waals surface area contributed by atoms with Crippen LogP contribution in [0.25, 0.3) is 0 Å². The smallest absolute Gasteiger partial charge is 0.262 e. The van der Waals surface area contributed by atoms with Gasteiger partial charge in [-0.3, -0.25) is 9.69 Å². The Morgan fingerprint density at radius 3 is 2.63 bits per heavy atom. The number of carbonyl (C=O) groups is 1. The van der Waals surface area contributed by atoms with Gasteiger partial charge in [0.25, 0.3) is 5.91 Å². The summed E-state index contributed by atoms with van der Waals surface area (Å²) in [5.41, 5.74) is 0.381. The highest BCUT2D eigenvalue weighted by atomic mass is 19.1. The van der Waals surface area contributed by atoms with Crippen LogP contribution in [-0.2, 0) is 0 Å². The molecule has 0 bridgehead atoms. The van der Waals surface area contributed by atoms with Gasteiger partial charge in [0.05, 0.1) is 11.1 Å². The molecule has 1 amide bonds. The Bertz CT molecular complexity index is 646. The second kappa shape index (κ2) is 5.27. The number of amides is 1. The van der Waals surface area contributed by atoms with Crippen molar-refractivity contribution >= 4 is 11.7 Å². The van der Waals surface area contributed by atoms with Gasteiger partial charge in [0.2, 0.25) is 0 Å². The molecule has 4 nitrogen and oxygen atoms in total. The highest BCUT2D eigenvalue weighted by Crippen LogP contribution is 2.15. The van der Waals surface area contributed by atoms with Crippen LogP contribution in [0.3, 0.4) is 0 Å². The Morgan fingerprint density at radius 1 is 1.32 bits per heavy atom. The van der Waals surface area contributed by atoms with Gasteiger partial charge in [-0.15, -0.1) is 0 Å². The minimum absolute atomic E-state index is 0.0174. The fraction of sp³-hybridized carbons (Fsp3) is 0.0714. The molecule has 0 unspecified atom stereocenters. The Hall–Kier alpha value is -2.74. The van der Waals surface area contributed by atoms with Crippen LogP contribution in [-0.4, -0.2) is 17.9 Å². The first-order chi connectivity index (χ1) is 9.13. The monoisotopic (exact) mass is 255 g/mol. The van der Waals surface area contributed by atoms with Crippen molar-refractivity contribution in [2.75, 3.05) is 11.9 Å². The minimum Gasteiger partial charge on any atom is -0.296 e. The molecule has 94 valence electrons. The van der Waals surface area contributed by atoms with Crippen LogP contribution in [0.2, 0.25) is 0 Å². The van der Waals surface area contributed by atoms with E-state index >= 15 is 0 Å². The molecule has 0 saturated carbocycles. The van der Waals surface area contributed by atoms with E-state index in [1.54, 1.807) is 12.1 Å². The molecular weight excluding hydrogens is 245 g/mol. The number of hydrogen-bond acceptors (Lipinski definition) is 3. The molecule has 0 spiro atoms. The molecule has 0 radical (unpaired) electrons. The molecular formula is C14H10FN3O. The summed E-state index contributed by atoms with van der Waals surface area (Å²) in [6.07, 6.45) is 1.36. The van der Waals surface area contributed by atoms with Crippen molar-refractivity contribution in [1.29, 1.82) is 5.26 Å². The maximum Gasteiger partial charge on any atom is 0.262 e. The van der Waals surface area contributed by atoms with Gasteiger partial charge in [-0.25, -0.2) is 9.37 Å². The summed E-state index contributed by atoms with van der Waals surface area (Å²) in [4.78, 5) is 17.3. The minimum atomic E-state index is -0.576. The van der Waals surface area contributed by atoms with Crippen molar-refractivity contribution in [3.05, 3.63) is 59.5 Å². The standard InChI is InChI=1S/C14H10FN3O/c1-18(13-7-6-10(8-16)9-17-13)14(19)11-4-2-3-5-12(11)15/h2-7,9H,1H3. The first-order valence-corrected chi connectivity index (χ1v) is 5.52. The predicted molar refractivity (Wildman–Crippen MR) is 68.1 cm³/mol. The average Bonchev–Trinajstić information content (AvgIpc) is 2.46. The van der Waals surface area contributed by atoms with Crippen LogP contribution in [0.15, 0.2) is 42.6 Å². The third-order valence-corrected chi connectivity index (χ3v) is 2.63. The number of rotatable bonds is 2. The fourth-order valence-electron chi connectivity index (χ4n) is 1.57. The van der Waals surface area contributed by atoms with E-state index in [9.17, 15) is 9.18 Å². The Labute approximate surface area is 109 Å². The molecule has 2 aromatic rings. The number of benzene rings is 1. The molecule has 0 fully saturated rings. The van der Waals surface area contributed by atoms with Crippen LogP contribution in [0.1, 0.15) is 15.9 Å². The number of carbonyl (C=O) groups excluding carboxylic acids is 1. The van der Waals surface area contributed by atoms with Gasteiger partial charge in [-0.1, -0.05) is 12.1 Å². The number of pyridine rings is 1. The van der Waals surface area contributed by atoms with Crippen LogP contribution in [0.4, 0.5) is 10.2 Å². The van der Waals surface area contributed by atoms with Gasteiger partial charge in [-0.05, 0) is 24.3 Å². The maximum atomic E-state index is 13.5. The van der Waals surface area contributed by atoms with Gasteiger partial charge in [0.1, 0.15) is 17.7 Å². The topological polar surface area (TPSA) is 57.0 Å². The number of aromatic nitrogens is 1. The molecule has 0 aliphatic rings. The predicted octanol–water partition coefficient (Wildman–Crippen LogP) is 2.37. The summed E-state index contributed by atoms with van der Waals surface area (Å²) < 4.78 is 13.5. The third-order valence-electron chi connectivity index (χ3n) is 2.63. The van der Waals surface area contributed by atoms with E-state index in [1.807, 2.05) is 6.07 Å². The van der Waals surface area contributed by atoms with E-state index in [2.05, 4.69) is 4.98 Å². The Morgan fingerprint density at radius 2 is 2.05 bits per heavy atom. The number of nitrogens with zero attached hydrogens (tertiary/aromatic N) is 3. The summed E-state index contributed by atoms with van der Waals surface area (Å²) in [5.74, 6) is -0.712. The Kier molecular flexibility index (Phi) is 3.53. The first kappa shape index (κ1) is 12.7.